The molecule has 2 heterocycles. The fourth-order valence-electron chi connectivity index (χ4n) is 10.6. The highest BCUT2D eigenvalue weighted by molar-refractivity contribution is 7.25. The monoisotopic (exact) mass is 872 g/mol. The van der Waals surface area contributed by atoms with Crippen molar-refractivity contribution in [1.82, 2.24) is 4.57 Å². The summed E-state index contributed by atoms with van der Waals surface area (Å²) in [7, 11) is 0. The van der Waals surface area contributed by atoms with Crippen LogP contribution in [-0.2, 0) is 0 Å². The number of benzene rings is 10. The lowest BCUT2D eigenvalue weighted by molar-refractivity contribution is 1.06. The zero-order chi connectivity index (χ0) is 44.3. The van der Waals surface area contributed by atoms with Gasteiger partial charge in [0.15, 0.2) is 0 Å². The third-order valence-electron chi connectivity index (χ3n) is 13.7. The number of hydrogen-bond acceptors (Lipinski definition) is 2. The number of para-hydroxylation sites is 3. The van der Waals surface area contributed by atoms with E-state index < -0.39 is 0 Å². The first-order chi connectivity index (χ1) is 33.2. The van der Waals surface area contributed by atoms with Crippen LogP contribution in [0.5, 0.6) is 0 Å². The van der Waals surface area contributed by atoms with E-state index in [0.717, 1.165) is 35.6 Å². The lowest BCUT2D eigenvalue weighted by atomic mass is 9.88. The van der Waals surface area contributed by atoms with Crippen molar-refractivity contribution in [3.63, 3.8) is 0 Å². The number of hydrogen-bond donors (Lipinski definition) is 0. The van der Waals surface area contributed by atoms with Gasteiger partial charge in [0.1, 0.15) is 0 Å². The van der Waals surface area contributed by atoms with E-state index in [1.165, 1.54) is 97.3 Å². The Morgan fingerprint density at radius 2 is 1.04 bits per heavy atom. The quantitative estimate of drug-likeness (QED) is 0.148. The van der Waals surface area contributed by atoms with E-state index in [2.05, 4.69) is 252 Å². The Hall–Kier alpha value is -8.24. The van der Waals surface area contributed by atoms with Crippen molar-refractivity contribution in [3.05, 3.63) is 248 Å². The summed E-state index contributed by atoms with van der Waals surface area (Å²) in [5.41, 5.74) is 16.8. The molecule has 0 fully saturated rings. The molecule has 0 aliphatic heterocycles. The van der Waals surface area contributed by atoms with Gasteiger partial charge in [-0.25, -0.2) is 0 Å². The molecule has 0 saturated heterocycles. The molecule has 2 nitrogen and oxygen atoms in total. The minimum Gasteiger partial charge on any atom is -0.310 e. The molecule has 1 aliphatic rings. The van der Waals surface area contributed by atoms with Crippen molar-refractivity contribution in [3.8, 4) is 39.1 Å². The summed E-state index contributed by atoms with van der Waals surface area (Å²) in [5.74, 6) is 0. The molecule has 2 aromatic heterocycles. The van der Waals surface area contributed by atoms with Crippen molar-refractivity contribution >= 4 is 86.7 Å². The SMILES string of the molecule is C1=CCCC(c2cccc3cccc(-c4ccccc4N(c4ccc(-c5ccc6c7ccccc7n(-c7ccccc7)c6c5)cc4)c4ccc(-c5cccc6sc7ccccc7c56)cc4)c23)=C1. The molecule has 316 valence electrons. The molecular formula is C64H44N2S. The second-order valence-electron chi connectivity index (χ2n) is 17.5. The van der Waals surface area contributed by atoms with Gasteiger partial charge in [-0.3, -0.25) is 0 Å². The fourth-order valence-corrected chi connectivity index (χ4v) is 11.7. The average molecular weight is 873 g/mol. The molecule has 0 atom stereocenters. The van der Waals surface area contributed by atoms with Gasteiger partial charge >= 0.3 is 0 Å². The van der Waals surface area contributed by atoms with Crippen LogP contribution >= 0.6 is 11.3 Å². The Kier molecular flexibility index (Phi) is 9.54. The van der Waals surface area contributed by atoms with Crippen LogP contribution in [0.4, 0.5) is 17.1 Å². The summed E-state index contributed by atoms with van der Waals surface area (Å²) < 4.78 is 5.03. The molecule has 67 heavy (non-hydrogen) atoms. The van der Waals surface area contributed by atoms with Gasteiger partial charge in [0.2, 0.25) is 0 Å². The van der Waals surface area contributed by atoms with Crippen LogP contribution in [-0.4, -0.2) is 4.57 Å². The van der Waals surface area contributed by atoms with Gasteiger partial charge in [-0.15, -0.1) is 11.3 Å². The van der Waals surface area contributed by atoms with Crippen LogP contribution < -0.4 is 4.90 Å². The summed E-state index contributed by atoms with van der Waals surface area (Å²) in [5, 5.41) is 7.69. The minimum atomic E-state index is 1.03. The maximum absolute atomic E-state index is 2.45. The average Bonchev–Trinajstić information content (AvgIpc) is 3.95. The standard InChI is InChI=1S/C64H44N2S/c1-3-16-44(17-4-1)51-25-13-18-46-19-14-27-56(63(46)51)54-23-8-10-28-58(54)65(50-39-34-45(35-40-50)52-26-15-31-62-64(52)57-24-9-12-30-61(57)67-62)49-37-32-43(33-38-49)47-36-41-55-53-22-7-11-29-59(53)66(60(55)42-47)48-20-5-2-6-21-48/h1-3,5-16,18-42H,4,17H2. The third-order valence-corrected chi connectivity index (χ3v) is 14.8. The second-order valence-corrected chi connectivity index (χ2v) is 18.6. The topological polar surface area (TPSA) is 8.17 Å². The molecule has 0 saturated carbocycles. The zero-order valence-corrected chi connectivity index (χ0v) is 37.6. The van der Waals surface area contributed by atoms with Crippen molar-refractivity contribution in [1.29, 1.82) is 0 Å². The summed E-state index contributed by atoms with van der Waals surface area (Å²) in [6.45, 7) is 0. The molecule has 0 spiro atoms. The molecule has 13 rings (SSSR count). The highest BCUT2D eigenvalue weighted by Crippen LogP contribution is 2.46. The minimum absolute atomic E-state index is 1.03. The highest BCUT2D eigenvalue weighted by Gasteiger charge is 2.21. The molecule has 1 aliphatic carbocycles. The maximum Gasteiger partial charge on any atom is 0.0547 e. The lowest BCUT2D eigenvalue weighted by Gasteiger charge is -2.29. The predicted molar refractivity (Wildman–Crippen MR) is 289 cm³/mol. The molecular weight excluding hydrogens is 829 g/mol. The largest absolute Gasteiger partial charge is 0.310 e. The molecule has 0 bridgehead atoms. The number of anilines is 3. The number of nitrogens with zero attached hydrogens (tertiary/aromatic N) is 2. The van der Waals surface area contributed by atoms with Crippen molar-refractivity contribution in [2.45, 2.75) is 12.8 Å². The van der Waals surface area contributed by atoms with Crippen LogP contribution in [0, 0.1) is 0 Å². The van der Waals surface area contributed by atoms with E-state index in [4.69, 9.17) is 0 Å². The summed E-state index contributed by atoms with van der Waals surface area (Å²) in [6.07, 6.45) is 8.88. The normalized spacial score (nSPS) is 12.7. The van der Waals surface area contributed by atoms with Crippen molar-refractivity contribution in [2.24, 2.45) is 0 Å². The smallest absolute Gasteiger partial charge is 0.0547 e. The highest BCUT2D eigenvalue weighted by atomic mass is 32.1. The Morgan fingerprint density at radius 3 is 1.85 bits per heavy atom. The Balaban J connectivity index is 0.967. The van der Waals surface area contributed by atoms with Crippen molar-refractivity contribution < 1.29 is 0 Å². The first kappa shape index (κ1) is 39.2. The fraction of sp³-hybridized carbons (Fsp3) is 0.0312. The van der Waals surface area contributed by atoms with E-state index in [0.29, 0.717) is 0 Å². The molecule has 0 radical (unpaired) electrons. The molecule has 3 heteroatoms. The van der Waals surface area contributed by atoms with E-state index in [-0.39, 0.29) is 0 Å². The molecule has 12 aromatic rings. The van der Waals surface area contributed by atoms with Crippen LogP contribution in [0.2, 0.25) is 0 Å². The van der Waals surface area contributed by atoms with Gasteiger partial charge in [-0.05, 0) is 129 Å². The number of allylic oxidation sites excluding steroid dienone is 4. The number of thiophene rings is 1. The first-order valence-electron chi connectivity index (χ1n) is 23.2. The molecule has 0 N–H and O–H groups in total. The van der Waals surface area contributed by atoms with Gasteiger partial charge in [0.25, 0.3) is 0 Å². The molecule has 0 unspecified atom stereocenters. The van der Waals surface area contributed by atoms with Gasteiger partial charge in [-0.2, -0.15) is 0 Å². The van der Waals surface area contributed by atoms with E-state index in [9.17, 15) is 0 Å². The predicted octanol–water partition coefficient (Wildman–Crippen LogP) is 18.5. The Labute approximate surface area is 394 Å². The van der Waals surface area contributed by atoms with Crippen LogP contribution in [0.15, 0.2) is 243 Å². The van der Waals surface area contributed by atoms with E-state index in [1.807, 2.05) is 11.3 Å². The van der Waals surface area contributed by atoms with Crippen molar-refractivity contribution in [2.75, 3.05) is 4.90 Å². The van der Waals surface area contributed by atoms with Crippen LogP contribution in [0.3, 0.4) is 0 Å². The zero-order valence-electron chi connectivity index (χ0n) is 36.8. The molecule has 0 amide bonds. The van der Waals surface area contributed by atoms with Gasteiger partial charge in [0.05, 0.1) is 16.7 Å². The third kappa shape index (κ3) is 6.70. The first-order valence-corrected chi connectivity index (χ1v) is 24.0. The summed E-state index contributed by atoms with van der Waals surface area (Å²) >= 11 is 1.87. The summed E-state index contributed by atoms with van der Waals surface area (Å²) in [4.78, 5) is 2.45. The number of fused-ring (bicyclic) bond motifs is 7. The van der Waals surface area contributed by atoms with Crippen LogP contribution in [0.25, 0.3) is 97.4 Å². The van der Waals surface area contributed by atoms with E-state index >= 15 is 0 Å². The van der Waals surface area contributed by atoms with E-state index in [1.54, 1.807) is 0 Å². The molecule has 10 aromatic carbocycles. The van der Waals surface area contributed by atoms with Crippen LogP contribution in [0.1, 0.15) is 18.4 Å². The Bertz CT molecular complexity index is 3900. The lowest BCUT2D eigenvalue weighted by Crippen LogP contribution is -2.11. The van der Waals surface area contributed by atoms with Gasteiger partial charge < -0.3 is 9.47 Å². The maximum atomic E-state index is 2.45. The number of aromatic nitrogens is 1. The number of rotatable bonds is 8. The van der Waals surface area contributed by atoms with Gasteiger partial charge in [-0.1, -0.05) is 176 Å². The van der Waals surface area contributed by atoms with Gasteiger partial charge in [0, 0.05) is 53.6 Å². The summed E-state index contributed by atoms with van der Waals surface area (Å²) in [6, 6.07) is 82.8. The second kappa shape index (κ2) is 16.3. The Morgan fingerprint density at radius 1 is 0.418 bits per heavy atom.